The second-order valence-electron chi connectivity index (χ2n) is 5.91. The Morgan fingerprint density at radius 3 is 1.88 bits per heavy atom. The van der Waals surface area contributed by atoms with Gasteiger partial charge in [0.05, 0.1) is 14.7 Å². The molecule has 0 saturated carbocycles. The first-order valence-corrected chi connectivity index (χ1v) is 9.57. The van der Waals surface area contributed by atoms with E-state index in [1.165, 1.54) is 10.8 Å². The fourth-order valence-corrected chi connectivity index (χ4v) is 3.10. The normalized spacial score (nSPS) is 14.2. The first-order chi connectivity index (χ1) is 7.36. The molecule has 2 heteroatoms. The lowest BCUT2D eigenvalue weighted by molar-refractivity contribution is 0.237. The van der Waals surface area contributed by atoms with E-state index in [1.54, 1.807) is 0 Å². The van der Waals surface area contributed by atoms with Crippen LogP contribution in [0, 0.1) is 5.92 Å². The maximum atomic E-state index is 9.39. The third-order valence-corrected chi connectivity index (χ3v) is 5.27. The van der Waals surface area contributed by atoms with Crippen LogP contribution in [0.2, 0.25) is 19.6 Å². The van der Waals surface area contributed by atoms with Gasteiger partial charge in [-0.25, -0.2) is 0 Å². The lowest BCUT2D eigenvalue weighted by atomic mass is 9.89. The average Bonchev–Trinajstić information content (AvgIpc) is 2.17. The van der Waals surface area contributed by atoms with Crippen molar-refractivity contribution in [1.29, 1.82) is 0 Å². The van der Waals surface area contributed by atoms with Gasteiger partial charge in [0.1, 0.15) is 0 Å². The van der Waals surface area contributed by atoms with E-state index in [0.29, 0.717) is 5.92 Å². The molecule has 1 atom stereocenters. The summed E-state index contributed by atoms with van der Waals surface area (Å²) in [6.45, 7) is 11.6. The fourth-order valence-electron chi connectivity index (χ4n) is 1.93. The van der Waals surface area contributed by atoms with Crippen molar-refractivity contribution >= 4 is 13.3 Å². The molecule has 1 unspecified atom stereocenters. The minimum Gasteiger partial charge on any atom is -0.396 e. The number of benzene rings is 1. The van der Waals surface area contributed by atoms with E-state index in [1.807, 2.05) is 0 Å². The Labute approximate surface area is 101 Å². The second-order valence-corrected chi connectivity index (χ2v) is 11.0. The van der Waals surface area contributed by atoms with Crippen LogP contribution < -0.4 is 5.19 Å². The molecule has 0 spiro atoms. The highest BCUT2D eigenvalue weighted by Crippen LogP contribution is 2.23. The van der Waals surface area contributed by atoms with Gasteiger partial charge < -0.3 is 5.11 Å². The van der Waals surface area contributed by atoms with Crippen LogP contribution in [-0.2, 0) is 0 Å². The second kappa shape index (κ2) is 5.15. The predicted molar refractivity (Wildman–Crippen MR) is 74.1 cm³/mol. The molecule has 0 aliphatic rings. The minimum absolute atomic E-state index is 0.240. The van der Waals surface area contributed by atoms with Crippen molar-refractivity contribution in [2.24, 2.45) is 5.92 Å². The summed E-state index contributed by atoms with van der Waals surface area (Å²) in [6, 6.07) is 8.86. The number of aliphatic hydroxyl groups excluding tert-OH is 1. The minimum atomic E-state index is -1.19. The van der Waals surface area contributed by atoms with Gasteiger partial charge in [-0.3, -0.25) is 0 Å². The third kappa shape index (κ3) is 3.19. The summed E-state index contributed by atoms with van der Waals surface area (Å²) < 4.78 is 0. The number of rotatable bonds is 4. The number of aliphatic hydroxyl groups is 1. The van der Waals surface area contributed by atoms with Gasteiger partial charge in [-0.2, -0.15) is 0 Å². The van der Waals surface area contributed by atoms with Crippen molar-refractivity contribution in [3.63, 3.8) is 0 Å². The Hall–Kier alpha value is -0.603. The molecule has 1 aromatic rings. The maximum absolute atomic E-state index is 9.39. The summed E-state index contributed by atoms with van der Waals surface area (Å²) in [5.41, 5.74) is 1.26. The van der Waals surface area contributed by atoms with E-state index in [0.717, 1.165) is 0 Å². The molecular formula is C14H24OSi. The highest BCUT2D eigenvalue weighted by atomic mass is 28.3. The predicted octanol–water partition coefficient (Wildman–Crippen LogP) is 2.96. The van der Waals surface area contributed by atoms with Crippen molar-refractivity contribution < 1.29 is 5.11 Å². The molecule has 0 heterocycles. The summed E-state index contributed by atoms with van der Waals surface area (Å²) in [6.07, 6.45) is 0. The van der Waals surface area contributed by atoms with Crippen molar-refractivity contribution in [2.75, 3.05) is 6.61 Å². The topological polar surface area (TPSA) is 20.2 Å². The first-order valence-electron chi connectivity index (χ1n) is 6.07. The molecule has 16 heavy (non-hydrogen) atoms. The van der Waals surface area contributed by atoms with Crippen LogP contribution in [0.4, 0.5) is 0 Å². The van der Waals surface area contributed by atoms with Crippen LogP contribution in [0.25, 0.3) is 0 Å². The molecule has 1 rings (SSSR count). The molecule has 0 aromatic heterocycles. The first kappa shape index (κ1) is 13.5. The van der Waals surface area contributed by atoms with Gasteiger partial charge in [-0.05, 0) is 11.5 Å². The van der Waals surface area contributed by atoms with Gasteiger partial charge >= 0.3 is 0 Å². The van der Waals surface area contributed by atoms with E-state index < -0.39 is 8.07 Å². The Balaban J connectivity index is 2.94. The van der Waals surface area contributed by atoms with Crippen LogP contribution in [0.1, 0.15) is 25.3 Å². The van der Waals surface area contributed by atoms with Gasteiger partial charge in [0.15, 0.2) is 0 Å². The van der Waals surface area contributed by atoms with Gasteiger partial charge in [0.25, 0.3) is 0 Å². The van der Waals surface area contributed by atoms with Crippen LogP contribution in [0.15, 0.2) is 24.3 Å². The smallest absolute Gasteiger partial charge is 0.0775 e. The fraction of sp³-hybridized carbons (Fsp3) is 0.571. The Morgan fingerprint density at radius 1 is 1.06 bits per heavy atom. The standard InChI is InChI=1S/C14H24OSi/c1-11(2)14(10-15)12-6-8-13(9-7-12)16(3,4)5/h6-9,11,14-15H,10H2,1-5H3. The van der Waals surface area contributed by atoms with Crippen LogP contribution >= 0.6 is 0 Å². The molecule has 0 aliphatic heterocycles. The Kier molecular flexibility index (Phi) is 4.33. The van der Waals surface area contributed by atoms with Crippen molar-refractivity contribution in [3.05, 3.63) is 29.8 Å². The van der Waals surface area contributed by atoms with Crippen LogP contribution in [0.5, 0.6) is 0 Å². The molecule has 0 radical (unpaired) electrons. The molecule has 0 fully saturated rings. The molecule has 1 nitrogen and oxygen atoms in total. The van der Waals surface area contributed by atoms with E-state index in [9.17, 15) is 5.11 Å². The molecule has 0 amide bonds. The van der Waals surface area contributed by atoms with E-state index in [-0.39, 0.29) is 12.5 Å². The third-order valence-electron chi connectivity index (χ3n) is 3.21. The largest absolute Gasteiger partial charge is 0.396 e. The lowest BCUT2D eigenvalue weighted by Gasteiger charge is -2.21. The zero-order chi connectivity index (χ0) is 12.3. The summed E-state index contributed by atoms with van der Waals surface area (Å²) in [4.78, 5) is 0. The summed E-state index contributed by atoms with van der Waals surface area (Å²) in [5.74, 6) is 0.762. The summed E-state index contributed by atoms with van der Waals surface area (Å²) in [5, 5.41) is 10.9. The van der Waals surface area contributed by atoms with Gasteiger partial charge in [-0.1, -0.05) is 62.9 Å². The SMILES string of the molecule is CC(C)C(CO)c1ccc([Si](C)(C)C)cc1. The zero-order valence-corrected chi connectivity index (χ0v) is 12.1. The molecule has 0 aliphatic carbocycles. The monoisotopic (exact) mass is 236 g/mol. The summed E-state index contributed by atoms with van der Waals surface area (Å²) >= 11 is 0. The van der Waals surface area contributed by atoms with E-state index in [2.05, 4.69) is 57.8 Å². The number of hydrogen-bond acceptors (Lipinski definition) is 1. The van der Waals surface area contributed by atoms with Crippen LogP contribution in [0.3, 0.4) is 0 Å². The zero-order valence-electron chi connectivity index (χ0n) is 11.1. The molecular weight excluding hydrogens is 212 g/mol. The van der Waals surface area contributed by atoms with E-state index in [4.69, 9.17) is 0 Å². The maximum Gasteiger partial charge on any atom is 0.0775 e. The van der Waals surface area contributed by atoms with Crippen molar-refractivity contribution in [2.45, 2.75) is 39.4 Å². The van der Waals surface area contributed by atoms with Crippen molar-refractivity contribution in [1.82, 2.24) is 0 Å². The quantitative estimate of drug-likeness (QED) is 0.797. The number of hydrogen-bond donors (Lipinski definition) is 1. The van der Waals surface area contributed by atoms with E-state index >= 15 is 0 Å². The van der Waals surface area contributed by atoms with Gasteiger partial charge in [0, 0.05) is 5.92 Å². The van der Waals surface area contributed by atoms with Crippen molar-refractivity contribution in [3.8, 4) is 0 Å². The van der Waals surface area contributed by atoms with Gasteiger partial charge in [-0.15, -0.1) is 0 Å². The molecule has 90 valence electrons. The molecule has 0 saturated heterocycles. The lowest BCUT2D eigenvalue weighted by Crippen LogP contribution is -2.37. The van der Waals surface area contributed by atoms with Crippen LogP contribution in [-0.4, -0.2) is 19.8 Å². The Morgan fingerprint density at radius 2 is 1.56 bits per heavy atom. The highest BCUT2D eigenvalue weighted by molar-refractivity contribution is 6.88. The Bertz CT molecular complexity index is 322. The highest BCUT2D eigenvalue weighted by Gasteiger charge is 2.18. The summed E-state index contributed by atoms with van der Waals surface area (Å²) in [7, 11) is -1.19. The van der Waals surface area contributed by atoms with Gasteiger partial charge in [0.2, 0.25) is 0 Å². The molecule has 1 N–H and O–H groups in total. The molecule has 0 bridgehead atoms. The molecule has 1 aromatic carbocycles. The average molecular weight is 236 g/mol.